The number of carbonyl (C=O) groups excluding carboxylic acids is 1. The third-order valence-electron chi connectivity index (χ3n) is 3.98. The maximum absolute atomic E-state index is 12.2. The van der Waals surface area contributed by atoms with Gasteiger partial charge in [0.15, 0.2) is 0 Å². The Morgan fingerprint density at radius 3 is 2.77 bits per heavy atom. The minimum absolute atomic E-state index is 0.0282. The molecule has 0 saturated heterocycles. The monoisotopic (exact) mass is 316 g/mol. The molecule has 1 aromatic heterocycles. The molecular weight excluding hydrogens is 296 g/mol. The molecule has 1 aliphatic rings. The molecule has 1 aromatic carbocycles. The Hall–Kier alpha value is -1.82. The molecule has 2 aromatic rings. The van der Waals surface area contributed by atoms with Crippen LogP contribution in [0.25, 0.3) is 0 Å². The van der Waals surface area contributed by atoms with Crippen LogP contribution in [0.15, 0.2) is 35.5 Å². The molecule has 0 unspecified atom stereocenters. The average molecular weight is 316 g/mol. The van der Waals surface area contributed by atoms with Gasteiger partial charge in [0.05, 0.1) is 11.8 Å². The van der Waals surface area contributed by atoms with Crippen LogP contribution in [0, 0.1) is 18.8 Å². The molecule has 2 N–H and O–H groups in total. The molecule has 5 nitrogen and oxygen atoms in total. The van der Waals surface area contributed by atoms with Crippen LogP contribution < -0.4 is 5.32 Å². The van der Waals surface area contributed by atoms with Crippen LogP contribution in [0.2, 0.25) is 0 Å². The van der Waals surface area contributed by atoms with Crippen LogP contribution in [0.1, 0.15) is 30.8 Å². The van der Waals surface area contributed by atoms with E-state index in [1.165, 1.54) is 23.7 Å². The zero-order valence-corrected chi connectivity index (χ0v) is 13.6. The Kier molecular flexibility index (Phi) is 4.47. The van der Waals surface area contributed by atoms with E-state index in [1.807, 2.05) is 25.1 Å². The van der Waals surface area contributed by atoms with Gasteiger partial charge in [0, 0.05) is 0 Å². The maximum atomic E-state index is 12.2. The molecule has 3 atom stereocenters. The summed E-state index contributed by atoms with van der Waals surface area (Å²) in [4.78, 5) is 16.4. The highest BCUT2D eigenvalue weighted by molar-refractivity contribution is 7.99. The van der Waals surface area contributed by atoms with E-state index in [0.717, 1.165) is 5.82 Å². The SMILES string of the molecule is Cc1nc(SCC(=O)N[C@H](c2ccccc2)[C@@H]2C[C@H]2C)n[nH]1. The number of hydrogen-bond donors (Lipinski definition) is 2. The van der Waals surface area contributed by atoms with Crippen molar-refractivity contribution < 1.29 is 4.79 Å². The maximum Gasteiger partial charge on any atom is 0.230 e. The first-order chi connectivity index (χ1) is 10.6. The van der Waals surface area contributed by atoms with Crippen LogP contribution in [-0.4, -0.2) is 26.8 Å². The second kappa shape index (κ2) is 6.52. The fourth-order valence-corrected chi connectivity index (χ4v) is 3.30. The third kappa shape index (κ3) is 3.68. The van der Waals surface area contributed by atoms with Crippen molar-refractivity contribution in [1.82, 2.24) is 20.5 Å². The summed E-state index contributed by atoms with van der Waals surface area (Å²) in [5.74, 6) is 2.34. The number of benzene rings is 1. The van der Waals surface area contributed by atoms with Gasteiger partial charge in [0.2, 0.25) is 11.1 Å². The van der Waals surface area contributed by atoms with Crippen molar-refractivity contribution in [2.45, 2.75) is 31.5 Å². The van der Waals surface area contributed by atoms with Gasteiger partial charge in [-0.2, -0.15) is 0 Å². The second-order valence-corrected chi connectivity index (χ2v) is 6.77. The summed E-state index contributed by atoms with van der Waals surface area (Å²) in [5, 5.41) is 10.6. The van der Waals surface area contributed by atoms with E-state index >= 15 is 0 Å². The zero-order valence-electron chi connectivity index (χ0n) is 12.7. The molecular formula is C16H20N4OS. The van der Waals surface area contributed by atoms with E-state index in [-0.39, 0.29) is 11.9 Å². The fraction of sp³-hybridized carbons (Fsp3) is 0.438. The topological polar surface area (TPSA) is 70.7 Å². The van der Waals surface area contributed by atoms with E-state index < -0.39 is 0 Å². The molecule has 22 heavy (non-hydrogen) atoms. The minimum Gasteiger partial charge on any atom is -0.348 e. The summed E-state index contributed by atoms with van der Waals surface area (Å²) in [7, 11) is 0. The smallest absolute Gasteiger partial charge is 0.230 e. The lowest BCUT2D eigenvalue weighted by Crippen LogP contribution is -2.31. The average Bonchev–Trinajstić information content (AvgIpc) is 3.09. The normalized spacial score (nSPS) is 21.4. The Labute approximate surface area is 134 Å². The molecule has 6 heteroatoms. The molecule has 1 heterocycles. The molecule has 0 bridgehead atoms. The predicted octanol–water partition coefficient (Wildman–Crippen LogP) is 2.72. The molecule has 1 fully saturated rings. The first-order valence-electron chi connectivity index (χ1n) is 7.49. The van der Waals surface area contributed by atoms with Crippen LogP contribution in [-0.2, 0) is 4.79 Å². The highest BCUT2D eigenvalue weighted by Crippen LogP contribution is 2.46. The van der Waals surface area contributed by atoms with Gasteiger partial charge >= 0.3 is 0 Å². The van der Waals surface area contributed by atoms with Crippen molar-refractivity contribution >= 4 is 17.7 Å². The first kappa shape index (κ1) is 15.1. The van der Waals surface area contributed by atoms with Crippen LogP contribution in [0.4, 0.5) is 0 Å². The Balaban J connectivity index is 1.60. The number of aromatic nitrogens is 3. The number of amides is 1. The molecule has 1 amide bonds. The number of rotatable bonds is 6. The third-order valence-corrected chi connectivity index (χ3v) is 4.83. The molecule has 1 aliphatic carbocycles. The summed E-state index contributed by atoms with van der Waals surface area (Å²) in [6.45, 7) is 4.08. The van der Waals surface area contributed by atoms with E-state index in [9.17, 15) is 4.79 Å². The number of carbonyl (C=O) groups is 1. The van der Waals surface area contributed by atoms with Crippen LogP contribution in [0.3, 0.4) is 0 Å². The number of hydrogen-bond acceptors (Lipinski definition) is 4. The van der Waals surface area contributed by atoms with Gasteiger partial charge in [0.25, 0.3) is 0 Å². The van der Waals surface area contributed by atoms with Gasteiger partial charge < -0.3 is 5.32 Å². The standard InChI is InChI=1S/C16H20N4OS/c1-10-8-13(10)15(12-6-4-3-5-7-12)18-14(21)9-22-16-17-11(2)19-20-16/h3-7,10,13,15H,8-9H2,1-2H3,(H,18,21)(H,17,19,20)/t10-,13-,15-/m1/s1. The van der Waals surface area contributed by atoms with Crippen molar-refractivity contribution in [3.8, 4) is 0 Å². The number of aryl methyl sites for hydroxylation is 1. The molecule has 116 valence electrons. The minimum atomic E-state index is 0.0282. The molecule has 1 saturated carbocycles. The van der Waals surface area contributed by atoms with Crippen molar-refractivity contribution in [3.05, 3.63) is 41.7 Å². The van der Waals surface area contributed by atoms with Gasteiger partial charge in [-0.3, -0.25) is 9.89 Å². The Morgan fingerprint density at radius 2 is 2.18 bits per heavy atom. The number of nitrogens with one attached hydrogen (secondary N) is 2. The highest BCUT2D eigenvalue weighted by Gasteiger charge is 2.40. The summed E-state index contributed by atoms with van der Waals surface area (Å²) < 4.78 is 0. The van der Waals surface area contributed by atoms with Gasteiger partial charge in [-0.1, -0.05) is 49.0 Å². The lowest BCUT2D eigenvalue weighted by molar-refractivity contribution is -0.119. The predicted molar refractivity (Wildman–Crippen MR) is 86.4 cm³/mol. The van der Waals surface area contributed by atoms with Crippen molar-refractivity contribution in [2.24, 2.45) is 11.8 Å². The Morgan fingerprint density at radius 1 is 1.45 bits per heavy atom. The number of aromatic amines is 1. The summed E-state index contributed by atoms with van der Waals surface area (Å²) >= 11 is 1.35. The number of nitrogens with zero attached hydrogens (tertiary/aromatic N) is 2. The van der Waals surface area contributed by atoms with Gasteiger partial charge in [-0.15, -0.1) is 5.10 Å². The van der Waals surface area contributed by atoms with Gasteiger partial charge in [0.1, 0.15) is 5.82 Å². The summed E-state index contributed by atoms with van der Waals surface area (Å²) in [5.41, 5.74) is 1.18. The Bertz CT molecular complexity index is 643. The van der Waals surface area contributed by atoms with Crippen molar-refractivity contribution in [1.29, 1.82) is 0 Å². The molecule has 0 radical (unpaired) electrons. The number of thioether (sulfide) groups is 1. The quantitative estimate of drug-likeness (QED) is 0.804. The number of H-pyrrole nitrogens is 1. The van der Waals surface area contributed by atoms with Gasteiger partial charge in [-0.05, 0) is 30.7 Å². The summed E-state index contributed by atoms with van der Waals surface area (Å²) in [6, 6.07) is 10.3. The van der Waals surface area contributed by atoms with E-state index in [0.29, 0.717) is 22.7 Å². The van der Waals surface area contributed by atoms with E-state index in [2.05, 4.69) is 39.6 Å². The molecule has 3 rings (SSSR count). The highest BCUT2D eigenvalue weighted by atomic mass is 32.2. The largest absolute Gasteiger partial charge is 0.348 e. The lowest BCUT2D eigenvalue weighted by Gasteiger charge is -2.19. The molecule has 0 aliphatic heterocycles. The van der Waals surface area contributed by atoms with E-state index in [4.69, 9.17) is 0 Å². The zero-order chi connectivity index (χ0) is 15.5. The first-order valence-corrected chi connectivity index (χ1v) is 8.48. The van der Waals surface area contributed by atoms with Crippen LogP contribution >= 0.6 is 11.8 Å². The van der Waals surface area contributed by atoms with Crippen LogP contribution in [0.5, 0.6) is 0 Å². The van der Waals surface area contributed by atoms with E-state index in [1.54, 1.807) is 0 Å². The fourth-order valence-electron chi connectivity index (χ4n) is 2.65. The lowest BCUT2D eigenvalue weighted by atomic mass is 10.0. The molecule has 0 spiro atoms. The van der Waals surface area contributed by atoms with Crippen molar-refractivity contribution in [2.75, 3.05) is 5.75 Å². The van der Waals surface area contributed by atoms with Crippen molar-refractivity contribution in [3.63, 3.8) is 0 Å². The second-order valence-electron chi connectivity index (χ2n) is 5.82. The van der Waals surface area contributed by atoms with Gasteiger partial charge in [-0.25, -0.2) is 4.98 Å². The summed E-state index contributed by atoms with van der Waals surface area (Å²) in [6.07, 6.45) is 1.17.